The lowest BCUT2D eigenvalue weighted by atomic mass is 10.2. The number of hydrogen-bond acceptors (Lipinski definition) is 5. The monoisotopic (exact) mass is 307 g/mol. The van der Waals surface area contributed by atoms with Crippen LogP contribution in [0.5, 0.6) is 0 Å². The molecular formula is C14H13NO5S. The van der Waals surface area contributed by atoms with Gasteiger partial charge in [0.05, 0.1) is 4.90 Å². The molecule has 21 heavy (non-hydrogen) atoms. The Morgan fingerprint density at radius 1 is 1.38 bits per heavy atom. The van der Waals surface area contributed by atoms with Gasteiger partial charge < -0.3 is 14.8 Å². The highest BCUT2D eigenvalue weighted by Gasteiger charge is 2.19. The number of fused-ring (bicyclic) bond motifs is 1. The topological polar surface area (TPSA) is 96.6 Å². The van der Waals surface area contributed by atoms with Crippen LogP contribution in [-0.4, -0.2) is 28.8 Å². The summed E-state index contributed by atoms with van der Waals surface area (Å²) in [7, 11) is 0. The van der Waals surface area contributed by atoms with Crippen molar-refractivity contribution in [2.24, 2.45) is 0 Å². The molecule has 1 heterocycles. The highest BCUT2D eigenvalue weighted by molar-refractivity contribution is 7.99. The molecule has 2 N–H and O–H groups in total. The molecular weight excluding hydrogens is 294 g/mol. The summed E-state index contributed by atoms with van der Waals surface area (Å²) in [6.07, 6.45) is 0. The first-order chi connectivity index (χ1) is 9.97. The quantitative estimate of drug-likeness (QED) is 0.641. The van der Waals surface area contributed by atoms with Gasteiger partial charge in [0.1, 0.15) is 11.6 Å². The van der Waals surface area contributed by atoms with E-state index in [0.717, 1.165) is 17.1 Å². The molecule has 1 amide bonds. The van der Waals surface area contributed by atoms with Gasteiger partial charge in [-0.3, -0.25) is 4.79 Å². The van der Waals surface area contributed by atoms with Crippen molar-refractivity contribution in [2.45, 2.75) is 17.9 Å². The summed E-state index contributed by atoms with van der Waals surface area (Å²) in [5.41, 5.74) is -0.0471. The molecule has 1 atom stereocenters. The lowest BCUT2D eigenvalue weighted by Crippen LogP contribution is -2.41. The van der Waals surface area contributed by atoms with Gasteiger partial charge in [-0.1, -0.05) is 18.2 Å². The third kappa shape index (κ3) is 3.85. The van der Waals surface area contributed by atoms with Crippen LogP contribution in [0.3, 0.4) is 0 Å². The van der Waals surface area contributed by atoms with Crippen molar-refractivity contribution in [1.82, 2.24) is 5.32 Å². The minimum Gasteiger partial charge on any atom is -0.480 e. The first-order valence-corrected chi connectivity index (χ1v) is 7.11. The van der Waals surface area contributed by atoms with Gasteiger partial charge in [-0.25, -0.2) is 9.59 Å². The number of carboxylic acids is 1. The molecule has 2 rings (SSSR count). The zero-order valence-electron chi connectivity index (χ0n) is 11.2. The zero-order valence-corrected chi connectivity index (χ0v) is 12.0. The van der Waals surface area contributed by atoms with Crippen LogP contribution < -0.4 is 10.9 Å². The summed E-state index contributed by atoms with van der Waals surface area (Å²) in [6.45, 7) is 1.24. The maximum Gasteiger partial charge on any atom is 0.350 e. The Balaban J connectivity index is 2.19. The zero-order chi connectivity index (χ0) is 15.4. The maximum atomic E-state index is 11.8. The average Bonchev–Trinajstić information content (AvgIpc) is 2.42. The molecule has 0 aliphatic heterocycles. The Morgan fingerprint density at radius 3 is 2.76 bits per heavy atom. The second-order valence-corrected chi connectivity index (χ2v) is 5.40. The molecule has 0 spiro atoms. The minimum atomic E-state index is -1.15. The van der Waals surface area contributed by atoms with Crippen molar-refractivity contribution >= 4 is 34.6 Å². The van der Waals surface area contributed by atoms with E-state index in [0.29, 0.717) is 10.5 Å². The van der Waals surface area contributed by atoms with E-state index >= 15 is 0 Å². The van der Waals surface area contributed by atoms with E-state index in [-0.39, 0.29) is 5.75 Å². The van der Waals surface area contributed by atoms with Crippen LogP contribution in [0.25, 0.3) is 11.0 Å². The van der Waals surface area contributed by atoms with Gasteiger partial charge in [-0.15, -0.1) is 11.8 Å². The molecule has 110 valence electrons. The smallest absolute Gasteiger partial charge is 0.350 e. The molecule has 0 unspecified atom stereocenters. The van der Waals surface area contributed by atoms with E-state index in [2.05, 4.69) is 5.32 Å². The lowest BCUT2D eigenvalue weighted by molar-refractivity contribution is -0.140. The molecule has 2 aromatic rings. The molecule has 0 aliphatic rings. The molecule has 7 heteroatoms. The first-order valence-electron chi connectivity index (χ1n) is 6.13. The number of rotatable bonds is 5. The van der Waals surface area contributed by atoms with Gasteiger partial charge in [-0.2, -0.15) is 0 Å². The van der Waals surface area contributed by atoms with Gasteiger partial charge in [-0.05, 0) is 12.1 Å². The number of aliphatic carboxylic acids is 1. The fourth-order valence-corrected chi connectivity index (χ4v) is 2.68. The molecule has 1 aromatic heterocycles. The Morgan fingerprint density at radius 2 is 2.10 bits per heavy atom. The third-order valence-corrected chi connectivity index (χ3v) is 3.79. The van der Waals surface area contributed by atoms with Crippen molar-refractivity contribution < 1.29 is 19.1 Å². The number of carbonyl (C=O) groups is 2. The molecule has 0 radical (unpaired) electrons. The SMILES string of the molecule is CC(=O)N[C@@H](CSc1cc2ccccc2oc1=O)C(=O)O. The van der Waals surface area contributed by atoms with Crippen LogP contribution in [0.1, 0.15) is 6.92 Å². The van der Waals surface area contributed by atoms with Crippen molar-refractivity contribution in [3.05, 3.63) is 40.8 Å². The normalized spacial score (nSPS) is 12.0. The average molecular weight is 307 g/mol. The summed E-state index contributed by atoms with van der Waals surface area (Å²) >= 11 is 1.04. The van der Waals surface area contributed by atoms with Crippen LogP contribution >= 0.6 is 11.8 Å². The second-order valence-electron chi connectivity index (χ2n) is 4.34. The van der Waals surface area contributed by atoms with E-state index in [4.69, 9.17) is 9.52 Å². The van der Waals surface area contributed by atoms with Crippen molar-refractivity contribution in [3.8, 4) is 0 Å². The minimum absolute atomic E-state index is 0.0397. The Labute approximate surface area is 124 Å². The van der Waals surface area contributed by atoms with E-state index < -0.39 is 23.5 Å². The number of para-hydroxylation sites is 1. The molecule has 0 fully saturated rings. The Hall–Kier alpha value is -2.28. The van der Waals surface area contributed by atoms with Gasteiger partial charge in [0.2, 0.25) is 5.91 Å². The van der Waals surface area contributed by atoms with Crippen LogP contribution in [0, 0.1) is 0 Å². The summed E-state index contributed by atoms with van der Waals surface area (Å²) in [5.74, 6) is -1.55. The highest BCUT2D eigenvalue weighted by Crippen LogP contribution is 2.20. The van der Waals surface area contributed by atoms with E-state index in [1.165, 1.54) is 6.92 Å². The number of thioether (sulfide) groups is 1. The van der Waals surface area contributed by atoms with E-state index in [1.807, 2.05) is 6.07 Å². The summed E-state index contributed by atoms with van der Waals surface area (Å²) in [5, 5.41) is 12.1. The van der Waals surface area contributed by atoms with Gasteiger partial charge >= 0.3 is 11.6 Å². The van der Waals surface area contributed by atoms with Crippen molar-refractivity contribution in [2.75, 3.05) is 5.75 Å². The molecule has 0 bridgehead atoms. The fourth-order valence-electron chi connectivity index (χ4n) is 1.74. The highest BCUT2D eigenvalue weighted by atomic mass is 32.2. The van der Waals surface area contributed by atoms with Crippen LogP contribution in [-0.2, 0) is 9.59 Å². The summed E-state index contributed by atoms with van der Waals surface area (Å²) in [6, 6.07) is 7.65. The molecule has 0 saturated carbocycles. The Bertz CT molecular complexity index is 739. The number of carboxylic acid groups (broad SMARTS) is 1. The largest absolute Gasteiger partial charge is 0.480 e. The van der Waals surface area contributed by atoms with Gasteiger partial charge in [0.15, 0.2) is 0 Å². The third-order valence-electron chi connectivity index (χ3n) is 2.69. The number of nitrogens with one attached hydrogen (secondary N) is 1. The van der Waals surface area contributed by atoms with Crippen LogP contribution in [0.4, 0.5) is 0 Å². The summed E-state index contributed by atoms with van der Waals surface area (Å²) < 4.78 is 5.16. The predicted octanol–water partition coefficient (Wildman–Crippen LogP) is 1.47. The van der Waals surface area contributed by atoms with E-state index in [1.54, 1.807) is 24.3 Å². The Kier molecular flexibility index (Phi) is 4.64. The molecule has 1 aromatic carbocycles. The lowest BCUT2D eigenvalue weighted by Gasteiger charge is -2.12. The molecule has 0 aliphatic carbocycles. The van der Waals surface area contributed by atoms with Crippen molar-refractivity contribution in [1.29, 1.82) is 0 Å². The fraction of sp³-hybridized carbons (Fsp3) is 0.214. The van der Waals surface area contributed by atoms with Crippen molar-refractivity contribution in [3.63, 3.8) is 0 Å². The number of benzene rings is 1. The number of hydrogen-bond donors (Lipinski definition) is 2. The molecule has 6 nitrogen and oxygen atoms in total. The van der Waals surface area contributed by atoms with Crippen LogP contribution in [0.15, 0.2) is 44.4 Å². The molecule has 0 saturated heterocycles. The van der Waals surface area contributed by atoms with E-state index in [9.17, 15) is 14.4 Å². The second kappa shape index (κ2) is 6.45. The maximum absolute atomic E-state index is 11.8. The van der Waals surface area contributed by atoms with Gasteiger partial charge in [0.25, 0.3) is 0 Å². The predicted molar refractivity (Wildman–Crippen MR) is 78.4 cm³/mol. The van der Waals surface area contributed by atoms with Crippen LogP contribution in [0.2, 0.25) is 0 Å². The number of carbonyl (C=O) groups excluding carboxylic acids is 1. The summed E-state index contributed by atoms with van der Waals surface area (Å²) in [4.78, 5) is 34.1. The standard InChI is InChI=1S/C14H13NO5S/c1-8(16)15-10(13(17)18)7-21-12-6-9-4-2-3-5-11(9)20-14(12)19/h2-6,10H,7H2,1H3,(H,15,16)(H,17,18)/t10-/m0/s1. The number of amides is 1. The first kappa shape index (κ1) is 15.1. The van der Waals surface area contributed by atoms with Gasteiger partial charge in [0, 0.05) is 18.1 Å².